The van der Waals surface area contributed by atoms with Crippen LogP contribution in [0.5, 0.6) is 0 Å². The zero-order valence-electron chi connectivity index (χ0n) is 13.0. The van der Waals surface area contributed by atoms with E-state index in [4.69, 9.17) is 4.74 Å². The fourth-order valence-electron chi connectivity index (χ4n) is 3.28. The maximum atomic E-state index is 14.2. The number of hydrogen-bond acceptors (Lipinski definition) is 7. The molecule has 1 aliphatic rings. The smallest absolute Gasteiger partial charge is 0.275 e. The van der Waals surface area contributed by atoms with E-state index in [0.29, 0.717) is 10.8 Å². The summed E-state index contributed by atoms with van der Waals surface area (Å²) < 4.78 is 20.9. The van der Waals surface area contributed by atoms with Crippen molar-refractivity contribution in [1.29, 1.82) is 0 Å². The molecule has 0 spiro atoms. The molecule has 0 unspecified atom stereocenters. The van der Waals surface area contributed by atoms with Gasteiger partial charge in [0.1, 0.15) is 29.1 Å². The van der Waals surface area contributed by atoms with Crippen molar-refractivity contribution in [2.24, 2.45) is 0 Å². The molecule has 1 aromatic carbocycles. The van der Waals surface area contributed by atoms with Gasteiger partial charge in [0.05, 0.1) is 18.2 Å². The fourth-order valence-corrected chi connectivity index (χ4v) is 3.28. The molecule has 1 aliphatic heterocycles. The molecule has 3 aromatic rings. The molecule has 10 heteroatoms. The highest BCUT2D eigenvalue weighted by Gasteiger charge is 2.53. The summed E-state index contributed by atoms with van der Waals surface area (Å²) in [5, 5.41) is 40.6. The zero-order chi connectivity index (χ0) is 17.9. The Bertz CT molecular complexity index is 1030. The molecule has 0 bridgehead atoms. The second-order valence-corrected chi connectivity index (χ2v) is 6.27. The number of halogens is 1. The summed E-state index contributed by atoms with van der Waals surface area (Å²) in [5.74, 6) is -0.717. The monoisotopic (exact) mass is 350 g/mol. The van der Waals surface area contributed by atoms with Crippen LogP contribution in [-0.2, 0) is 4.74 Å². The first kappa shape index (κ1) is 16.1. The van der Waals surface area contributed by atoms with E-state index in [9.17, 15) is 24.5 Å². The average molecular weight is 350 g/mol. The highest BCUT2D eigenvalue weighted by molar-refractivity contribution is 6.08. The molecule has 3 heterocycles. The van der Waals surface area contributed by atoms with E-state index in [1.54, 1.807) is 0 Å². The lowest BCUT2D eigenvalue weighted by Gasteiger charge is -2.27. The van der Waals surface area contributed by atoms with E-state index in [0.717, 1.165) is 0 Å². The zero-order valence-corrected chi connectivity index (χ0v) is 13.0. The largest absolute Gasteiger partial charge is 0.394 e. The second-order valence-electron chi connectivity index (χ2n) is 6.27. The van der Waals surface area contributed by atoms with Crippen LogP contribution in [0.25, 0.3) is 21.7 Å². The SMILES string of the molecule is C[C@@]1(O)[C@H](O)[C@@H](CO)O[C@H]1n1cc2cc(F)c3c(=O)[nH]ncc(n1)c23. The molecule has 1 fully saturated rings. The van der Waals surface area contributed by atoms with Crippen molar-refractivity contribution >= 4 is 21.7 Å². The summed E-state index contributed by atoms with van der Waals surface area (Å²) in [6.07, 6.45) is -0.787. The van der Waals surface area contributed by atoms with Crippen molar-refractivity contribution < 1.29 is 24.4 Å². The van der Waals surface area contributed by atoms with E-state index < -0.39 is 42.0 Å². The van der Waals surface area contributed by atoms with E-state index in [1.165, 1.54) is 30.1 Å². The molecule has 4 rings (SSSR count). The Balaban J connectivity index is 1.97. The van der Waals surface area contributed by atoms with Crippen LogP contribution in [-0.4, -0.2) is 59.7 Å². The lowest BCUT2D eigenvalue weighted by atomic mass is 9.97. The molecule has 2 aromatic heterocycles. The van der Waals surface area contributed by atoms with Gasteiger partial charge in [-0.25, -0.2) is 14.2 Å². The number of H-pyrrole nitrogens is 1. The lowest BCUT2D eigenvalue weighted by molar-refractivity contribution is -0.102. The first-order chi connectivity index (χ1) is 11.8. The minimum Gasteiger partial charge on any atom is -0.394 e. The third kappa shape index (κ3) is 2.19. The summed E-state index contributed by atoms with van der Waals surface area (Å²) in [4.78, 5) is 11.9. The minimum atomic E-state index is -1.74. The Kier molecular flexibility index (Phi) is 3.41. The van der Waals surface area contributed by atoms with Crippen molar-refractivity contribution in [2.45, 2.75) is 31.0 Å². The molecule has 0 radical (unpaired) electrons. The molecule has 0 amide bonds. The van der Waals surface area contributed by atoms with E-state index in [2.05, 4.69) is 15.3 Å². The van der Waals surface area contributed by atoms with Crippen molar-refractivity contribution in [1.82, 2.24) is 20.0 Å². The summed E-state index contributed by atoms with van der Waals surface area (Å²) in [6.45, 7) is 0.864. The van der Waals surface area contributed by atoms with Crippen molar-refractivity contribution in [3.05, 3.63) is 34.6 Å². The second kappa shape index (κ2) is 5.30. The molecule has 0 aliphatic carbocycles. The van der Waals surface area contributed by atoms with Gasteiger partial charge in [0.25, 0.3) is 5.56 Å². The van der Waals surface area contributed by atoms with Crippen LogP contribution < -0.4 is 5.56 Å². The van der Waals surface area contributed by atoms with Gasteiger partial charge < -0.3 is 20.1 Å². The Labute approximate surface area is 139 Å². The van der Waals surface area contributed by atoms with Gasteiger partial charge in [0, 0.05) is 17.0 Å². The fraction of sp³-hybridized carbons (Fsp3) is 0.400. The quantitative estimate of drug-likeness (QED) is 0.485. The molecular weight excluding hydrogens is 335 g/mol. The van der Waals surface area contributed by atoms with Gasteiger partial charge in [-0.2, -0.15) is 10.2 Å². The van der Waals surface area contributed by atoms with Crippen LogP contribution in [0.4, 0.5) is 4.39 Å². The number of aromatic nitrogens is 4. The third-order valence-corrected chi connectivity index (χ3v) is 4.57. The van der Waals surface area contributed by atoms with Crippen LogP contribution in [0.1, 0.15) is 13.2 Å². The summed E-state index contributed by atoms with van der Waals surface area (Å²) in [5.41, 5.74) is -2.21. The summed E-state index contributed by atoms with van der Waals surface area (Å²) >= 11 is 0. The first-order valence-electron chi connectivity index (χ1n) is 7.56. The van der Waals surface area contributed by atoms with Crippen LogP contribution in [0.3, 0.4) is 0 Å². The number of ether oxygens (including phenoxy) is 1. The highest BCUT2D eigenvalue weighted by atomic mass is 19.1. The highest BCUT2D eigenvalue weighted by Crippen LogP contribution is 2.38. The number of aromatic amines is 1. The predicted octanol–water partition coefficient (Wildman–Crippen LogP) is -0.587. The van der Waals surface area contributed by atoms with Gasteiger partial charge in [-0.3, -0.25) is 4.79 Å². The molecule has 9 nitrogen and oxygen atoms in total. The molecule has 4 N–H and O–H groups in total. The molecule has 25 heavy (non-hydrogen) atoms. The topological polar surface area (TPSA) is 133 Å². The van der Waals surface area contributed by atoms with Gasteiger partial charge in [-0.1, -0.05) is 0 Å². The van der Waals surface area contributed by atoms with Crippen molar-refractivity contribution in [2.75, 3.05) is 6.61 Å². The first-order valence-corrected chi connectivity index (χ1v) is 7.56. The third-order valence-electron chi connectivity index (χ3n) is 4.57. The number of rotatable bonds is 2. The number of hydrogen-bond donors (Lipinski definition) is 4. The van der Waals surface area contributed by atoms with Gasteiger partial charge in [0.15, 0.2) is 6.23 Å². The van der Waals surface area contributed by atoms with Crippen LogP contribution in [0.15, 0.2) is 23.3 Å². The van der Waals surface area contributed by atoms with Gasteiger partial charge in [-0.05, 0) is 13.0 Å². The normalized spacial score (nSPS) is 29.7. The predicted molar refractivity (Wildman–Crippen MR) is 83.2 cm³/mol. The average Bonchev–Trinajstić information content (AvgIpc) is 2.93. The maximum absolute atomic E-state index is 14.2. The van der Waals surface area contributed by atoms with Gasteiger partial charge in [-0.15, -0.1) is 0 Å². The van der Waals surface area contributed by atoms with Crippen molar-refractivity contribution in [3.8, 4) is 0 Å². The van der Waals surface area contributed by atoms with Crippen LogP contribution in [0, 0.1) is 5.82 Å². The molecular formula is C15H15FN4O5. The van der Waals surface area contributed by atoms with Crippen LogP contribution in [0.2, 0.25) is 0 Å². The van der Waals surface area contributed by atoms with E-state index >= 15 is 0 Å². The molecule has 1 saturated heterocycles. The Morgan fingerprint density at radius 1 is 1.48 bits per heavy atom. The Hall–Kier alpha value is -2.40. The van der Waals surface area contributed by atoms with Gasteiger partial charge >= 0.3 is 0 Å². The Morgan fingerprint density at radius 2 is 2.24 bits per heavy atom. The van der Waals surface area contributed by atoms with Crippen molar-refractivity contribution in [3.63, 3.8) is 0 Å². The molecule has 132 valence electrons. The summed E-state index contributed by atoms with van der Waals surface area (Å²) in [7, 11) is 0. The Morgan fingerprint density at radius 3 is 2.92 bits per heavy atom. The van der Waals surface area contributed by atoms with Crippen LogP contribution >= 0.6 is 0 Å². The number of aliphatic hydroxyl groups excluding tert-OH is 2. The maximum Gasteiger partial charge on any atom is 0.275 e. The minimum absolute atomic E-state index is 0.158. The van der Waals surface area contributed by atoms with E-state index in [1.807, 2.05) is 0 Å². The molecule has 0 saturated carbocycles. The number of nitrogens with one attached hydrogen (secondary N) is 1. The standard InChI is InChI=1S/C15H15FN4O5/c1-15(24)12(22)9(5-21)25-14(15)20-4-6-2-7(16)11-10(6)8(19-20)3-17-18-13(11)23/h2-4,9,12,14,21-22,24H,5H2,1H3,(H,18,23)/t9-,12-,14-,15-/m1/s1. The van der Waals surface area contributed by atoms with E-state index in [-0.39, 0.29) is 10.9 Å². The molecule has 4 atom stereocenters. The van der Waals surface area contributed by atoms with Gasteiger partial charge in [0.2, 0.25) is 0 Å². The summed E-state index contributed by atoms with van der Waals surface area (Å²) in [6, 6.07) is 1.18. The lowest BCUT2D eigenvalue weighted by Crippen LogP contribution is -2.44. The number of aliphatic hydroxyl groups is 3. The number of nitrogens with zero attached hydrogens (tertiary/aromatic N) is 3.